The third-order valence-electron chi connectivity index (χ3n) is 3.36. The van der Waals surface area contributed by atoms with Gasteiger partial charge in [-0.25, -0.2) is 4.98 Å². The zero-order valence-corrected chi connectivity index (χ0v) is 11.8. The van der Waals surface area contributed by atoms with E-state index < -0.39 is 0 Å². The van der Waals surface area contributed by atoms with Crippen LogP contribution in [0.4, 0.5) is 11.8 Å². The van der Waals surface area contributed by atoms with Gasteiger partial charge in [0.25, 0.3) is 0 Å². The lowest BCUT2D eigenvalue weighted by Gasteiger charge is -2.30. The molecule has 5 nitrogen and oxygen atoms in total. The number of nitrogens with two attached hydrogens (primary N) is 1. The van der Waals surface area contributed by atoms with E-state index in [0.29, 0.717) is 11.0 Å². The first kappa shape index (κ1) is 13.1. The zero-order chi connectivity index (χ0) is 13.9. The number of hydrogen-bond acceptors (Lipinski definition) is 5. The van der Waals surface area contributed by atoms with E-state index >= 15 is 0 Å². The van der Waals surface area contributed by atoms with Crippen LogP contribution in [0.3, 0.4) is 0 Å². The summed E-state index contributed by atoms with van der Waals surface area (Å²) >= 11 is 5.94. The zero-order valence-electron chi connectivity index (χ0n) is 11.0. The van der Waals surface area contributed by atoms with Gasteiger partial charge in [-0.15, -0.1) is 0 Å². The third kappa shape index (κ3) is 2.69. The third-order valence-corrected chi connectivity index (χ3v) is 3.61. The normalized spacial score (nSPS) is 15.3. The number of benzene rings is 1. The van der Waals surface area contributed by atoms with Gasteiger partial charge in [0.1, 0.15) is 5.82 Å². The maximum atomic E-state index is 5.94. The summed E-state index contributed by atoms with van der Waals surface area (Å²) in [5, 5.41) is 4.05. The minimum Gasteiger partial charge on any atom is -0.368 e. The molecule has 1 aliphatic heterocycles. The number of halogens is 1. The molecule has 20 heavy (non-hydrogen) atoms. The SMILES string of the molecule is Nc1ncc(-c2ccc(Cl)cc2)c(N2CCNCC2)n1. The molecule has 0 unspecified atom stereocenters. The number of hydrogen-bond donors (Lipinski definition) is 2. The molecule has 1 aliphatic rings. The quantitative estimate of drug-likeness (QED) is 0.882. The molecule has 0 bridgehead atoms. The monoisotopic (exact) mass is 289 g/mol. The average Bonchev–Trinajstić information content (AvgIpc) is 2.49. The molecule has 2 heterocycles. The molecule has 2 aromatic rings. The molecular weight excluding hydrogens is 274 g/mol. The summed E-state index contributed by atoms with van der Waals surface area (Å²) in [6, 6.07) is 7.69. The Morgan fingerprint density at radius 1 is 1.15 bits per heavy atom. The van der Waals surface area contributed by atoms with Crippen molar-refractivity contribution in [3.8, 4) is 11.1 Å². The van der Waals surface area contributed by atoms with Crippen molar-refractivity contribution in [2.75, 3.05) is 36.8 Å². The van der Waals surface area contributed by atoms with Crippen molar-refractivity contribution in [2.24, 2.45) is 0 Å². The standard InChI is InChI=1S/C14H16ClN5/c15-11-3-1-10(2-4-11)12-9-18-14(16)19-13(12)20-7-5-17-6-8-20/h1-4,9,17H,5-8H2,(H2,16,18,19). The number of nitrogens with one attached hydrogen (secondary N) is 1. The highest BCUT2D eigenvalue weighted by molar-refractivity contribution is 6.30. The summed E-state index contributed by atoms with van der Waals surface area (Å²) in [4.78, 5) is 10.8. The smallest absolute Gasteiger partial charge is 0.221 e. The largest absolute Gasteiger partial charge is 0.368 e. The van der Waals surface area contributed by atoms with Crippen molar-refractivity contribution >= 4 is 23.4 Å². The van der Waals surface area contributed by atoms with E-state index in [2.05, 4.69) is 20.2 Å². The summed E-state index contributed by atoms with van der Waals surface area (Å²) in [7, 11) is 0. The van der Waals surface area contributed by atoms with Crippen LogP contribution in [0, 0.1) is 0 Å². The van der Waals surface area contributed by atoms with Crippen LogP contribution in [-0.4, -0.2) is 36.1 Å². The van der Waals surface area contributed by atoms with Gasteiger partial charge in [-0.2, -0.15) is 4.98 Å². The van der Waals surface area contributed by atoms with Gasteiger partial charge in [-0.05, 0) is 17.7 Å². The summed E-state index contributed by atoms with van der Waals surface area (Å²) in [6.07, 6.45) is 1.78. The van der Waals surface area contributed by atoms with Gasteiger partial charge in [0.05, 0.1) is 0 Å². The molecule has 0 aliphatic carbocycles. The van der Waals surface area contributed by atoms with Gasteiger partial charge in [0.2, 0.25) is 5.95 Å². The minimum atomic E-state index is 0.302. The second kappa shape index (κ2) is 5.64. The minimum absolute atomic E-state index is 0.302. The van der Waals surface area contributed by atoms with E-state index in [9.17, 15) is 0 Å². The molecule has 0 atom stereocenters. The van der Waals surface area contributed by atoms with Crippen molar-refractivity contribution < 1.29 is 0 Å². The molecule has 3 N–H and O–H groups in total. The number of rotatable bonds is 2. The first-order chi connectivity index (χ1) is 9.74. The average molecular weight is 290 g/mol. The highest BCUT2D eigenvalue weighted by atomic mass is 35.5. The molecule has 104 valence electrons. The fraction of sp³-hybridized carbons (Fsp3) is 0.286. The van der Waals surface area contributed by atoms with Crippen molar-refractivity contribution in [1.82, 2.24) is 15.3 Å². The van der Waals surface area contributed by atoms with Crippen LogP contribution in [0.2, 0.25) is 5.02 Å². The van der Waals surface area contributed by atoms with Crippen LogP contribution in [0.15, 0.2) is 30.5 Å². The van der Waals surface area contributed by atoms with Crippen LogP contribution in [0.1, 0.15) is 0 Å². The molecule has 1 saturated heterocycles. The number of piperazine rings is 1. The van der Waals surface area contributed by atoms with Gasteiger partial charge in [0.15, 0.2) is 0 Å². The first-order valence-corrected chi connectivity index (χ1v) is 6.96. The Bertz CT molecular complexity index is 593. The number of anilines is 2. The number of aromatic nitrogens is 2. The summed E-state index contributed by atoms with van der Waals surface area (Å²) in [5.74, 6) is 1.19. The van der Waals surface area contributed by atoms with E-state index in [1.165, 1.54) is 0 Å². The van der Waals surface area contributed by atoms with Gasteiger partial charge in [-0.3, -0.25) is 0 Å². The van der Waals surface area contributed by atoms with Crippen LogP contribution in [0.25, 0.3) is 11.1 Å². The molecule has 0 amide bonds. The predicted octanol–water partition coefficient (Wildman–Crippen LogP) is 1.79. The lowest BCUT2D eigenvalue weighted by atomic mass is 10.1. The van der Waals surface area contributed by atoms with E-state index in [-0.39, 0.29) is 0 Å². The Morgan fingerprint density at radius 2 is 1.85 bits per heavy atom. The predicted molar refractivity (Wildman–Crippen MR) is 82.0 cm³/mol. The van der Waals surface area contributed by atoms with Gasteiger partial charge >= 0.3 is 0 Å². The van der Waals surface area contributed by atoms with E-state index in [0.717, 1.165) is 43.1 Å². The molecule has 1 fully saturated rings. The molecule has 0 spiro atoms. The fourth-order valence-corrected chi connectivity index (χ4v) is 2.46. The highest BCUT2D eigenvalue weighted by Gasteiger charge is 2.17. The lowest BCUT2D eigenvalue weighted by Crippen LogP contribution is -2.44. The maximum absolute atomic E-state index is 5.94. The Hall–Kier alpha value is -1.85. The van der Waals surface area contributed by atoms with Crippen LogP contribution >= 0.6 is 11.6 Å². The molecule has 1 aromatic carbocycles. The topological polar surface area (TPSA) is 67.1 Å². The second-order valence-electron chi connectivity index (χ2n) is 4.71. The van der Waals surface area contributed by atoms with Crippen LogP contribution in [0.5, 0.6) is 0 Å². The van der Waals surface area contributed by atoms with Crippen molar-refractivity contribution in [1.29, 1.82) is 0 Å². The molecule has 6 heteroatoms. The maximum Gasteiger partial charge on any atom is 0.221 e. The number of nitrogens with zero attached hydrogens (tertiary/aromatic N) is 3. The highest BCUT2D eigenvalue weighted by Crippen LogP contribution is 2.30. The fourth-order valence-electron chi connectivity index (χ4n) is 2.34. The lowest BCUT2D eigenvalue weighted by molar-refractivity contribution is 0.585. The number of nitrogen functional groups attached to an aromatic ring is 1. The Kier molecular flexibility index (Phi) is 3.71. The first-order valence-electron chi connectivity index (χ1n) is 6.58. The van der Waals surface area contributed by atoms with Crippen molar-refractivity contribution in [3.05, 3.63) is 35.5 Å². The summed E-state index contributed by atoms with van der Waals surface area (Å²) in [5.41, 5.74) is 7.78. The van der Waals surface area contributed by atoms with Gasteiger partial charge in [0, 0.05) is 43.0 Å². The van der Waals surface area contributed by atoms with Gasteiger partial charge < -0.3 is 16.0 Å². The van der Waals surface area contributed by atoms with E-state index in [4.69, 9.17) is 17.3 Å². The Balaban J connectivity index is 2.03. The van der Waals surface area contributed by atoms with Crippen LogP contribution < -0.4 is 16.0 Å². The second-order valence-corrected chi connectivity index (χ2v) is 5.15. The van der Waals surface area contributed by atoms with Crippen molar-refractivity contribution in [3.63, 3.8) is 0 Å². The molecule has 1 aromatic heterocycles. The summed E-state index contributed by atoms with van der Waals surface area (Å²) < 4.78 is 0. The van der Waals surface area contributed by atoms with Gasteiger partial charge in [-0.1, -0.05) is 23.7 Å². The van der Waals surface area contributed by atoms with E-state index in [1.807, 2.05) is 24.3 Å². The summed E-state index contributed by atoms with van der Waals surface area (Å²) in [6.45, 7) is 3.72. The van der Waals surface area contributed by atoms with Crippen molar-refractivity contribution in [2.45, 2.75) is 0 Å². The Labute approximate surface area is 122 Å². The molecular formula is C14H16ClN5. The Morgan fingerprint density at radius 3 is 2.55 bits per heavy atom. The molecule has 3 rings (SSSR count). The molecule has 0 saturated carbocycles. The van der Waals surface area contributed by atoms with E-state index in [1.54, 1.807) is 6.20 Å². The van der Waals surface area contributed by atoms with Crippen LogP contribution in [-0.2, 0) is 0 Å². The molecule has 0 radical (unpaired) electrons.